The highest BCUT2D eigenvalue weighted by Gasteiger charge is 2.34. The van der Waals surface area contributed by atoms with Crippen LogP contribution in [0.15, 0.2) is 18.2 Å². The first-order valence-corrected chi connectivity index (χ1v) is 5.10. The van der Waals surface area contributed by atoms with Crippen LogP contribution < -0.4 is 0 Å². The third-order valence-electron chi connectivity index (χ3n) is 2.48. The molecule has 0 aromatic carbocycles. The molecule has 4 heteroatoms. The minimum atomic E-state index is -0.717. The molecule has 0 spiro atoms. The van der Waals surface area contributed by atoms with Crippen LogP contribution in [0.2, 0.25) is 0 Å². The van der Waals surface area contributed by atoms with Crippen LogP contribution >= 0.6 is 0 Å². The highest BCUT2D eigenvalue weighted by Crippen LogP contribution is 2.29. The van der Waals surface area contributed by atoms with Gasteiger partial charge in [-0.25, -0.2) is 0 Å². The number of aliphatic hydroxyl groups is 1. The number of pyridine rings is 1. The number of ether oxygens (including phenoxy) is 2. The van der Waals surface area contributed by atoms with Gasteiger partial charge >= 0.3 is 0 Å². The molecule has 1 aromatic rings. The zero-order valence-electron chi connectivity index (χ0n) is 8.77. The van der Waals surface area contributed by atoms with Crippen LogP contribution in [-0.2, 0) is 21.7 Å². The van der Waals surface area contributed by atoms with Gasteiger partial charge in [0.15, 0.2) is 0 Å². The van der Waals surface area contributed by atoms with Gasteiger partial charge in [-0.1, -0.05) is 6.07 Å². The van der Waals surface area contributed by atoms with Gasteiger partial charge < -0.3 is 14.6 Å². The van der Waals surface area contributed by atoms with Crippen molar-refractivity contribution in [3.05, 3.63) is 29.6 Å². The Morgan fingerprint density at radius 1 is 1.40 bits per heavy atom. The second kappa shape index (κ2) is 4.26. The summed E-state index contributed by atoms with van der Waals surface area (Å²) in [5.41, 5.74) is 1.63. The van der Waals surface area contributed by atoms with Crippen molar-refractivity contribution in [1.82, 2.24) is 4.98 Å². The van der Waals surface area contributed by atoms with Crippen molar-refractivity contribution in [3.63, 3.8) is 0 Å². The molecule has 0 radical (unpaired) electrons. The van der Waals surface area contributed by atoms with Crippen LogP contribution in [-0.4, -0.2) is 29.9 Å². The van der Waals surface area contributed by atoms with E-state index in [0.717, 1.165) is 11.4 Å². The van der Waals surface area contributed by atoms with Gasteiger partial charge in [-0.2, -0.15) is 0 Å². The fourth-order valence-corrected chi connectivity index (χ4v) is 1.65. The molecule has 4 nitrogen and oxygen atoms in total. The minimum absolute atomic E-state index is 0.106. The zero-order chi connectivity index (χ0) is 10.7. The molecule has 1 fully saturated rings. The van der Waals surface area contributed by atoms with E-state index in [-0.39, 0.29) is 6.61 Å². The molecule has 2 rings (SSSR count). The van der Waals surface area contributed by atoms with Crippen LogP contribution in [0.1, 0.15) is 18.3 Å². The fraction of sp³-hybridized carbons (Fsp3) is 0.545. The second-order valence-electron chi connectivity index (χ2n) is 3.63. The van der Waals surface area contributed by atoms with Gasteiger partial charge in [-0.3, -0.25) is 4.98 Å². The Labute approximate surface area is 88.9 Å². The van der Waals surface area contributed by atoms with Crippen LogP contribution in [0.5, 0.6) is 0 Å². The van der Waals surface area contributed by atoms with Crippen molar-refractivity contribution >= 4 is 0 Å². The quantitative estimate of drug-likeness (QED) is 0.801. The van der Waals surface area contributed by atoms with Gasteiger partial charge in [-0.15, -0.1) is 0 Å². The summed E-state index contributed by atoms with van der Waals surface area (Å²) in [5.74, 6) is -0.717. The monoisotopic (exact) mass is 209 g/mol. The summed E-state index contributed by atoms with van der Waals surface area (Å²) in [4.78, 5) is 4.41. The highest BCUT2D eigenvalue weighted by molar-refractivity contribution is 5.15. The van der Waals surface area contributed by atoms with E-state index in [1.165, 1.54) is 0 Å². The molecular weight excluding hydrogens is 194 g/mol. The molecule has 82 valence electrons. The average Bonchev–Trinajstić information content (AvgIpc) is 2.68. The molecule has 2 heterocycles. The van der Waals surface area contributed by atoms with Crippen molar-refractivity contribution in [2.45, 2.75) is 19.1 Å². The summed E-state index contributed by atoms with van der Waals surface area (Å²) in [6, 6.07) is 5.67. The van der Waals surface area contributed by atoms with Crippen molar-refractivity contribution < 1.29 is 14.6 Å². The lowest BCUT2D eigenvalue weighted by atomic mass is 10.1. The van der Waals surface area contributed by atoms with E-state index < -0.39 is 5.79 Å². The Hall–Kier alpha value is -0.970. The van der Waals surface area contributed by atoms with Crippen molar-refractivity contribution in [3.8, 4) is 0 Å². The Morgan fingerprint density at radius 3 is 2.80 bits per heavy atom. The van der Waals surface area contributed by atoms with Crippen LogP contribution in [0.25, 0.3) is 0 Å². The molecule has 0 aliphatic carbocycles. The Bertz CT molecular complexity index is 334. The van der Waals surface area contributed by atoms with E-state index in [1.54, 1.807) is 0 Å². The molecule has 0 amide bonds. The maximum atomic E-state index is 8.84. The number of nitrogens with zero attached hydrogens (tertiary/aromatic N) is 1. The normalized spacial score (nSPS) is 19.3. The van der Waals surface area contributed by atoms with Gasteiger partial charge in [0.1, 0.15) is 0 Å². The summed E-state index contributed by atoms with van der Waals surface area (Å²) >= 11 is 0. The Balaban J connectivity index is 2.23. The van der Waals surface area contributed by atoms with E-state index in [4.69, 9.17) is 14.6 Å². The molecule has 1 aliphatic rings. The molecule has 1 aliphatic heterocycles. The summed E-state index contributed by atoms with van der Waals surface area (Å²) in [5, 5.41) is 8.84. The summed E-state index contributed by atoms with van der Waals surface area (Å²) in [6.45, 7) is 3.17. The lowest BCUT2D eigenvalue weighted by Crippen LogP contribution is -2.24. The summed E-state index contributed by atoms with van der Waals surface area (Å²) in [6.07, 6.45) is 0.559. The summed E-state index contributed by atoms with van der Waals surface area (Å²) < 4.78 is 11.0. The highest BCUT2D eigenvalue weighted by atomic mass is 16.7. The van der Waals surface area contributed by atoms with Gasteiger partial charge in [0.25, 0.3) is 0 Å². The molecule has 0 saturated carbocycles. The number of rotatable bonds is 3. The van der Waals surface area contributed by atoms with Crippen LogP contribution in [0.4, 0.5) is 0 Å². The first-order chi connectivity index (χ1) is 7.24. The van der Waals surface area contributed by atoms with Crippen LogP contribution in [0.3, 0.4) is 0 Å². The molecule has 15 heavy (non-hydrogen) atoms. The van der Waals surface area contributed by atoms with Crippen molar-refractivity contribution in [1.29, 1.82) is 0 Å². The maximum Gasteiger partial charge on any atom is 0.209 e. The molecular formula is C11H15NO3. The lowest BCUT2D eigenvalue weighted by Gasteiger charge is -2.21. The lowest BCUT2D eigenvalue weighted by molar-refractivity contribution is -0.152. The van der Waals surface area contributed by atoms with E-state index in [2.05, 4.69) is 4.98 Å². The van der Waals surface area contributed by atoms with Gasteiger partial charge in [0.05, 0.1) is 18.9 Å². The number of hydrogen-bond acceptors (Lipinski definition) is 4. The molecule has 1 N–H and O–H groups in total. The number of aliphatic hydroxyl groups excluding tert-OH is 1. The van der Waals surface area contributed by atoms with E-state index in [1.807, 2.05) is 25.1 Å². The standard InChI is InChI=1S/C11H15NO3/c1-11(14-7-8-15-11)10-4-2-3-9(12-10)5-6-13/h2-4,13H,5-8H2,1H3. The van der Waals surface area contributed by atoms with E-state index in [0.29, 0.717) is 19.6 Å². The fourth-order valence-electron chi connectivity index (χ4n) is 1.65. The van der Waals surface area contributed by atoms with Gasteiger partial charge in [-0.05, 0) is 19.1 Å². The molecule has 0 bridgehead atoms. The topological polar surface area (TPSA) is 51.6 Å². The molecule has 1 saturated heterocycles. The number of aromatic nitrogens is 1. The minimum Gasteiger partial charge on any atom is -0.396 e. The second-order valence-corrected chi connectivity index (χ2v) is 3.63. The maximum absolute atomic E-state index is 8.84. The van der Waals surface area contributed by atoms with Crippen molar-refractivity contribution in [2.75, 3.05) is 19.8 Å². The predicted octanol–water partition coefficient (Wildman–Crippen LogP) is 0.836. The number of hydrogen-bond donors (Lipinski definition) is 1. The zero-order valence-corrected chi connectivity index (χ0v) is 8.77. The SMILES string of the molecule is CC1(c2cccc(CCO)n2)OCCO1. The first kappa shape index (κ1) is 10.5. The van der Waals surface area contributed by atoms with Crippen molar-refractivity contribution in [2.24, 2.45) is 0 Å². The van der Waals surface area contributed by atoms with E-state index >= 15 is 0 Å². The Morgan fingerprint density at radius 2 is 2.13 bits per heavy atom. The average molecular weight is 209 g/mol. The third kappa shape index (κ3) is 2.17. The summed E-state index contributed by atoms with van der Waals surface area (Å²) in [7, 11) is 0. The third-order valence-corrected chi connectivity index (χ3v) is 2.48. The molecule has 0 unspecified atom stereocenters. The largest absolute Gasteiger partial charge is 0.396 e. The Kier molecular flexibility index (Phi) is 3.00. The molecule has 1 aromatic heterocycles. The van der Waals surface area contributed by atoms with Gasteiger partial charge in [0, 0.05) is 18.7 Å². The molecule has 0 atom stereocenters. The predicted molar refractivity (Wildman–Crippen MR) is 54.3 cm³/mol. The van der Waals surface area contributed by atoms with Crippen LogP contribution in [0, 0.1) is 0 Å². The van der Waals surface area contributed by atoms with E-state index in [9.17, 15) is 0 Å². The first-order valence-electron chi connectivity index (χ1n) is 5.10. The van der Waals surface area contributed by atoms with Gasteiger partial charge in [0.2, 0.25) is 5.79 Å². The smallest absolute Gasteiger partial charge is 0.209 e.